The molecule has 1 amide bonds. The van der Waals surface area contributed by atoms with Crippen LogP contribution < -0.4 is 0 Å². The molecule has 0 unspecified atom stereocenters. The average Bonchev–Trinajstić information content (AvgIpc) is 2.87. The van der Waals surface area contributed by atoms with Gasteiger partial charge in [0.15, 0.2) is 5.78 Å². The molecule has 1 N–H and O–H groups in total. The van der Waals surface area contributed by atoms with Gasteiger partial charge >= 0.3 is 6.09 Å². The van der Waals surface area contributed by atoms with E-state index in [9.17, 15) is 9.59 Å². The number of likely N-dealkylation sites (tertiary alicyclic amines) is 1. The fourth-order valence-electron chi connectivity index (χ4n) is 2.86. The number of carbonyl (C=O) groups excluding carboxylic acids is 1. The van der Waals surface area contributed by atoms with Crippen molar-refractivity contribution in [2.24, 2.45) is 13.0 Å². The minimum atomic E-state index is -0.907. The molecule has 0 atom stereocenters. The number of aromatic nitrogens is 2. The zero-order valence-corrected chi connectivity index (χ0v) is 11.8. The van der Waals surface area contributed by atoms with Crippen LogP contribution in [0.4, 0.5) is 4.79 Å². The maximum absolute atomic E-state index is 12.5. The number of hydrogen-bond acceptors (Lipinski definition) is 3. The Morgan fingerprint density at radius 3 is 2.67 bits per heavy atom. The van der Waals surface area contributed by atoms with E-state index in [1.165, 1.54) is 4.90 Å². The van der Waals surface area contributed by atoms with Gasteiger partial charge in [0.1, 0.15) is 0 Å². The summed E-state index contributed by atoms with van der Waals surface area (Å²) in [5.41, 5.74) is 2.47. The molecule has 3 rings (SSSR count). The van der Waals surface area contributed by atoms with E-state index in [1.54, 1.807) is 6.33 Å². The molecule has 2 aromatic rings. The molecular weight excluding hydrogens is 270 g/mol. The number of nitrogens with zero attached hydrogens (tertiary/aromatic N) is 3. The summed E-state index contributed by atoms with van der Waals surface area (Å²) >= 11 is 0. The van der Waals surface area contributed by atoms with Gasteiger partial charge in [-0.25, -0.2) is 9.78 Å². The average molecular weight is 287 g/mol. The molecule has 1 saturated heterocycles. The van der Waals surface area contributed by atoms with Crippen LogP contribution in [0.15, 0.2) is 24.5 Å². The summed E-state index contributed by atoms with van der Waals surface area (Å²) in [7, 11) is 1.92. The first kappa shape index (κ1) is 13.6. The number of Topliss-reactive ketones (excluding diaryl/α,β-unsaturated/α-hetero) is 1. The first-order valence-corrected chi connectivity index (χ1v) is 6.99. The van der Waals surface area contributed by atoms with Crippen LogP contribution in [0.5, 0.6) is 0 Å². The Labute approximate surface area is 122 Å². The number of imidazole rings is 1. The van der Waals surface area contributed by atoms with Gasteiger partial charge in [-0.05, 0) is 31.0 Å². The molecule has 6 nitrogen and oxygen atoms in total. The molecule has 0 radical (unpaired) electrons. The minimum absolute atomic E-state index is 0.0904. The number of benzene rings is 1. The molecule has 0 spiro atoms. The monoisotopic (exact) mass is 287 g/mol. The summed E-state index contributed by atoms with van der Waals surface area (Å²) in [4.78, 5) is 29.0. The Bertz CT molecular complexity index is 699. The largest absolute Gasteiger partial charge is 0.465 e. The molecular formula is C15H17N3O3. The van der Waals surface area contributed by atoms with E-state index < -0.39 is 6.09 Å². The number of piperidine rings is 1. The molecule has 0 bridgehead atoms. The second-order valence-electron chi connectivity index (χ2n) is 5.47. The maximum Gasteiger partial charge on any atom is 0.407 e. The van der Waals surface area contributed by atoms with Gasteiger partial charge in [-0.15, -0.1) is 0 Å². The number of hydrogen-bond donors (Lipinski definition) is 1. The molecule has 1 aromatic heterocycles. The molecule has 1 aliphatic heterocycles. The fraction of sp³-hybridized carbons (Fsp3) is 0.400. The standard InChI is InChI=1S/C15H17N3O3/c1-17-9-16-12-8-11(2-3-13(12)17)14(19)10-4-6-18(7-5-10)15(20)21/h2-3,8-10H,4-7H2,1H3,(H,20,21). The van der Waals surface area contributed by atoms with Gasteiger partial charge in [0.2, 0.25) is 0 Å². The van der Waals surface area contributed by atoms with Crippen LogP contribution in [-0.2, 0) is 7.05 Å². The molecule has 1 aliphatic rings. The van der Waals surface area contributed by atoms with Crippen LogP contribution in [0.1, 0.15) is 23.2 Å². The van der Waals surface area contributed by atoms with Crippen molar-refractivity contribution >= 4 is 22.9 Å². The Morgan fingerprint density at radius 2 is 2.00 bits per heavy atom. The molecule has 110 valence electrons. The van der Waals surface area contributed by atoms with Crippen molar-refractivity contribution in [3.63, 3.8) is 0 Å². The van der Waals surface area contributed by atoms with Gasteiger partial charge in [0, 0.05) is 31.6 Å². The van der Waals surface area contributed by atoms with Gasteiger partial charge in [0.25, 0.3) is 0 Å². The third kappa shape index (κ3) is 2.49. The van der Waals surface area contributed by atoms with E-state index in [2.05, 4.69) is 4.98 Å². The number of rotatable bonds is 2. The van der Waals surface area contributed by atoms with Crippen LogP contribution in [0.2, 0.25) is 0 Å². The van der Waals surface area contributed by atoms with Gasteiger partial charge in [0.05, 0.1) is 17.4 Å². The van der Waals surface area contributed by atoms with E-state index in [0.717, 1.165) is 11.0 Å². The highest BCUT2D eigenvalue weighted by molar-refractivity contribution is 6.00. The lowest BCUT2D eigenvalue weighted by Gasteiger charge is -2.29. The second kappa shape index (κ2) is 5.20. The summed E-state index contributed by atoms with van der Waals surface area (Å²) in [5, 5.41) is 8.93. The highest BCUT2D eigenvalue weighted by Gasteiger charge is 2.27. The quantitative estimate of drug-likeness (QED) is 0.859. The number of ketones is 1. The van der Waals surface area contributed by atoms with Gasteiger partial charge < -0.3 is 14.6 Å². The van der Waals surface area contributed by atoms with Crippen LogP contribution in [0.25, 0.3) is 11.0 Å². The van der Waals surface area contributed by atoms with Crippen molar-refractivity contribution in [1.29, 1.82) is 0 Å². The summed E-state index contributed by atoms with van der Waals surface area (Å²) in [6.07, 6.45) is 2.00. The number of carboxylic acid groups (broad SMARTS) is 1. The number of carbonyl (C=O) groups is 2. The van der Waals surface area contributed by atoms with E-state index >= 15 is 0 Å². The van der Waals surface area contributed by atoms with E-state index in [0.29, 0.717) is 31.5 Å². The van der Waals surface area contributed by atoms with Gasteiger partial charge in [-0.1, -0.05) is 0 Å². The van der Waals surface area contributed by atoms with Crippen molar-refractivity contribution < 1.29 is 14.7 Å². The fourth-order valence-corrected chi connectivity index (χ4v) is 2.86. The minimum Gasteiger partial charge on any atom is -0.465 e. The Hall–Kier alpha value is -2.37. The molecule has 1 aromatic carbocycles. The molecule has 6 heteroatoms. The first-order chi connectivity index (χ1) is 10.1. The molecule has 2 heterocycles. The molecule has 21 heavy (non-hydrogen) atoms. The van der Waals surface area contributed by atoms with Crippen molar-refractivity contribution in [2.45, 2.75) is 12.8 Å². The van der Waals surface area contributed by atoms with Crippen LogP contribution in [0.3, 0.4) is 0 Å². The zero-order chi connectivity index (χ0) is 15.0. The Kier molecular flexibility index (Phi) is 3.37. The van der Waals surface area contributed by atoms with E-state index in [1.807, 2.05) is 29.8 Å². The Morgan fingerprint density at radius 1 is 1.29 bits per heavy atom. The normalized spacial score (nSPS) is 16.3. The third-order valence-corrected chi connectivity index (χ3v) is 4.15. The summed E-state index contributed by atoms with van der Waals surface area (Å²) in [6, 6.07) is 5.55. The van der Waals surface area contributed by atoms with Gasteiger partial charge in [-0.3, -0.25) is 4.79 Å². The van der Waals surface area contributed by atoms with Crippen molar-refractivity contribution in [3.8, 4) is 0 Å². The number of fused-ring (bicyclic) bond motifs is 1. The first-order valence-electron chi connectivity index (χ1n) is 6.99. The lowest BCUT2D eigenvalue weighted by molar-refractivity contribution is 0.0821. The lowest BCUT2D eigenvalue weighted by Crippen LogP contribution is -2.39. The second-order valence-corrected chi connectivity index (χ2v) is 5.47. The summed E-state index contributed by atoms with van der Waals surface area (Å²) < 4.78 is 1.91. The van der Waals surface area contributed by atoms with Crippen molar-refractivity contribution in [1.82, 2.24) is 14.5 Å². The maximum atomic E-state index is 12.5. The molecule has 1 fully saturated rings. The van der Waals surface area contributed by atoms with Gasteiger partial charge in [-0.2, -0.15) is 0 Å². The zero-order valence-electron chi connectivity index (χ0n) is 11.8. The SMILES string of the molecule is Cn1cnc2cc(C(=O)C3CCN(C(=O)O)CC3)ccc21. The topological polar surface area (TPSA) is 75.4 Å². The predicted molar refractivity (Wildman–Crippen MR) is 77.4 cm³/mol. The van der Waals surface area contributed by atoms with E-state index in [-0.39, 0.29) is 11.7 Å². The lowest BCUT2D eigenvalue weighted by atomic mass is 9.89. The smallest absolute Gasteiger partial charge is 0.407 e. The Balaban J connectivity index is 1.76. The van der Waals surface area contributed by atoms with Crippen molar-refractivity contribution in [3.05, 3.63) is 30.1 Å². The highest BCUT2D eigenvalue weighted by Crippen LogP contribution is 2.23. The molecule has 0 aliphatic carbocycles. The number of aryl methyl sites for hydroxylation is 1. The van der Waals surface area contributed by atoms with Crippen molar-refractivity contribution in [2.75, 3.05) is 13.1 Å². The van der Waals surface area contributed by atoms with Crippen LogP contribution >= 0.6 is 0 Å². The predicted octanol–water partition coefficient (Wildman–Crippen LogP) is 2.15. The van der Waals surface area contributed by atoms with Crippen LogP contribution in [-0.4, -0.2) is 44.5 Å². The molecule has 0 saturated carbocycles. The number of amides is 1. The summed E-state index contributed by atoms with van der Waals surface area (Å²) in [5.74, 6) is -0.00523. The van der Waals surface area contributed by atoms with E-state index in [4.69, 9.17) is 5.11 Å². The summed E-state index contributed by atoms with van der Waals surface area (Å²) in [6.45, 7) is 0.856. The third-order valence-electron chi connectivity index (χ3n) is 4.15. The van der Waals surface area contributed by atoms with Crippen LogP contribution in [0, 0.1) is 5.92 Å². The highest BCUT2D eigenvalue weighted by atomic mass is 16.4.